The summed E-state index contributed by atoms with van der Waals surface area (Å²) in [7, 11) is 0. The van der Waals surface area contributed by atoms with Gasteiger partial charge in [-0.05, 0) is 31.5 Å². The summed E-state index contributed by atoms with van der Waals surface area (Å²) >= 11 is 11.7. The molecule has 1 aromatic carbocycles. The van der Waals surface area contributed by atoms with Gasteiger partial charge in [-0.3, -0.25) is 9.80 Å². The summed E-state index contributed by atoms with van der Waals surface area (Å²) in [4.78, 5) is 12.5. The SMILES string of the molecule is CC1(C)N=C(N)N=C(N)N1c1ccc(CN(CCCl)CCCl)cc1.Cl. The Balaban J connectivity index is 0.00000312. The molecule has 0 atom stereocenters. The highest BCUT2D eigenvalue weighted by atomic mass is 35.5. The highest BCUT2D eigenvalue weighted by Crippen LogP contribution is 2.27. The van der Waals surface area contributed by atoms with E-state index in [9.17, 15) is 0 Å². The molecule has 9 heteroatoms. The first-order valence-electron chi connectivity index (χ1n) is 7.80. The molecule has 0 saturated carbocycles. The number of hydrogen-bond donors (Lipinski definition) is 2. The molecule has 0 saturated heterocycles. The highest BCUT2D eigenvalue weighted by Gasteiger charge is 2.32. The maximum atomic E-state index is 6.05. The van der Waals surface area contributed by atoms with E-state index < -0.39 is 5.66 Å². The average molecular weight is 408 g/mol. The number of aliphatic imine (C=N–C) groups is 2. The lowest BCUT2D eigenvalue weighted by Gasteiger charge is -2.38. The lowest BCUT2D eigenvalue weighted by atomic mass is 10.1. The smallest absolute Gasteiger partial charge is 0.220 e. The Kier molecular flexibility index (Phi) is 8.28. The molecular formula is C16H25Cl3N6. The summed E-state index contributed by atoms with van der Waals surface area (Å²) < 4.78 is 0. The first-order valence-corrected chi connectivity index (χ1v) is 8.87. The van der Waals surface area contributed by atoms with Crippen molar-refractivity contribution in [3.63, 3.8) is 0 Å². The fourth-order valence-electron chi connectivity index (χ4n) is 2.77. The Labute approximate surface area is 165 Å². The van der Waals surface area contributed by atoms with Crippen molar-refractivity contribution in [1.82, 2.24) is 4.90 Å². The number of hydrogen-bond acceptors (Lipinski definition) is 6. The van der Waals surface area contributed by atoms with Crippen molar-refractivity contribution in [3.05, 3.63) is 29.8 Å². The van der Waals surface area contributed by atoms with Crippen LogP contribution in [0.25, 0.3) is 0 Å². The fourth-order valence-corrected chi connectivity index (χ4v) is 3.25. The zero-order valence-electron chi connectivity index (χ0n) is 14.5. The third-order valence-corrected chi connectivity index (χ3v) is 4.13. The van der Waals surface area contributed by atoms with Crippen LogP contribution in [0.4, 0.5) is 5.69 Å². The van der Waals surface area contributed by atoms with Gasteiger partial charge in [0.1, 0.15) is 5.66 Å². The van der Waals surface area contributed by atoms with Crippen molar-refractivity contribution in [2.75, 3.05) is 29.7 Å². The number of guanidine groups is 2. The third-order valence-electron chi connectivity index (χ3n) is 3.80. The van der Waals surface area contributed by atoms with Gasteiger partial charge in [-0.2, -0.15) is 4.99 Å². The summed E-state index contributed by atoms with van der Waals surface area (Å²) in [6, 6.07) is 8.15. The molecule has 1 heterocycles. The monoisotopic (exact) mass is 406 g/mol. The summed E-state index contributed by atoms with van der Waals surface area (Å²) in [5.74, 6) is 1.71. The van der Waals surface area contributed by atoms with E-state index in [4.69, 9.17) is 34.7 Å². The molecule has 2 rings (SSSR count). The largest absolute Gasteiger partial charge is 0.369 e. The van der Waals surface area contributed by atoms with Gasteiger partial charge in [-0.25, -0.2) is 4.99 Å². The molecule has 1 aliphatic rings. The molecule has 25 heavy (non-hydrogen) atoms. The first-order chi connectivity index (χ1) is 11.4. The molecule has 0 fully saturated rings. The zero-order valence-corrected chi connectivity index (χ0v) is 16.8. The van der Waals surface area contributed by atoms with Gasteiger partial charge >= 0.3 is 0 Å². The summed E-state index contributed by atoms with van der Waals surface area (Å²) in [5, 5.41) is 0. The number of anilines is 1. The van der Waals surface area contributed by atoms with Crippen molar-refractivity contribution in [2.24, 2.45) is 21.5 Å². The van der Waals surface area contributed by atoms with Gasteiger partial charge in [-0.1, -0.05) is 12.1 Å². The molecule has 1 aromatic rings. The van der Waals surface area contributed by atoms with Gasteiger partial charge in [0.05, 0.1) is 0 Å². The molecule has 0 aromatic heterocycles. The van der Waals surface area contributed by atoms with Crippen LogP contribution in [0.3, 0.4) is 0 Å². The quantitative estimate of drug-likeness (QED) is 0.680. The third kappa shape index (κ3) is 5.64. The minimum atomic E-state index is -0.583. The van der Waals surface area contributed by atoms with Crippen molar-refractivity contribution in [2.45, 2.75) is 26.1 Å². The average Bonchev–Trinajstić information content (AvgIpc) is 2.47. The highest BCUT2D eigenvalue weighted by molar-refractivity contribution is 6.18. The normalized spacial score (nSPS) is 16.3. The molecule has 0 aliphatic carbocycles. The lowest BCUT2D eigenvalue weighted by molar-refractivity contribution is 0.299. The van der Waals surface area contributed by atoms with Gasteiger partial charge in [0.25, 0.3) is 0 Å². The summed E-state index contributed by atoms with van der Waals surface area (Å²) in [6.45, 7) is 6.30. The van der Waals surface area contributed by atoms with Crippen molar-refractivity contribution in [3.8, 4) is 0 Å². The minimum absolute atomic E-state index is 0. The van der Waals surface area contributed by atoms with E-state index in [-0.39, 0.29) is 18.4 Å². The molecule has 0 unspecified atom stereocenters. The van der Waals surface area contributed by atoms with E-state index in [1.54, 1.807) is 0 Å². The number of alkyl halides is 2. The van der Waals surface area contributed by atoms with E-state index in [0.717, 1.165) is 25.3 Å². The second-order valence-corrected chi connectivity index (χ2v) is 6.85. The predicted octanol–water partition coefficient (Wildman–Crippen LogP) is 2.57. The summed E-state index contributed by atoms with van der Waals surface area (Å²) in [5.41, 5.74) is 13.3. The van der Waals surface area contributed by atoms with Gasteiger partial charge in [0.2, 0.25) is 11.9 Å². The van der Waals surface area contributed by atoms with Crippen molar-refractivity contribution >= 4 is 53.2 Å². The maximum Gasteiger partial charge on any atom is 0.220 e. The number of rotatable bonds is 7. The van der Waals surface area contributed by atoms with E-state index in [1.807, 2.05) is 30.9 Å². The Hall–Kier alpha value is -1.21. The van der Waals surface area contributed by atoms with Gasteiger partial charge < -0.3 is 11.5 Å². The maximum absolute atomic E-state index is 6.05. The van der Waals surface area contributed by atoms with Crippen LogP contribution in [0.15, 0.2) is 34.3 Å². The Morgan fingerprint density at radius 3 is 2.12 bits per heavy atom. The summed E-state index contributed by atoms with van der Waals surface area (Å²) in [6.07, 6.45) is 0. The molecule has 4 N–H and O–H groups in total. The van der Waals surface area contributed by atoms with E-state index >= 15 is 0 Å². The predicted molar refractivity (Wildman–Crippen MR) is 110 cm³/mol. The van der Waals surface area contributed by atoms with Crippen molar-refractivity contribution < 1.29 is 0 Å². The van der Waals surface area contributed by atoms with Crippen LogP contribution in [-0.4, -0.2) is 47.3 Å². The molecule has 0 radical (unpaired) electrons. The van der Waals surface area contributed by atoms with E-state index in [2.05, 4.69) is 27.0 Å². The van der Waals surface area contributed by atoms with Crippen LogP contribution < -0.4 is 16.4 Å². The standard InChI is InChI=1S/C16H24Cl2N6.ClH/c1-16(2)22-14(19)21-15(20)24(16)13-5-3-12(4-6-13)11-23(9-7-17)10-8-18;/h3-6H,7-11H2,1-2H3,(H4,19,20,21,22);1H. The van der Waals surface area contributed by atoms with Crippen LogP contribution >= 0.6 is 35.6 Å². The van der Waals surface area contributed by atoms with Gasteiger partial charge in [0.15, 0.2) is 0 Å². The molecular weight excluding hydrogens is 383 g/mol. The van der Waals surface area contributed by atoms with Crippen LogP contribution in [0, 0.1) is 0 Å². The van der Waals surface area contributed by atoms with Crippen LogP contribution in [0.2, 0.25) is 0 Å². The molecule has 0 bridgehead atoms. The number of nitrogens with zero attached hydrogens (tertiary/aromatic N) is 4. The number of benzene rings is 1. The van der Waals surface area contributed by atoms with E-state index in [0.29, 0.717) is 17.7 Å². The molecule has 0 spiro atoms. The molecule has 0 amide bonds. The topological polar surface area (TPSA) is 83.2 Å². The second-order valence-electron chi connectivity index (χ2n) is 6.09. The fraction of sp³-hybridized carbons (Fsp3) is 0.500. The Morgan fingerprint density at radius 1 is 1.08 bits per heavy atom. The van der Waals surface area contributed by atoms with Crippen molar-refractivity contribution in [1.29, 1.82) is 0 Å². The van der Waals surface area contributed by atoms with Crippen LogP contribution in [-0.2, 0) is 6.54 Å². The Bertz CT molecular complexity index is 609. The number of nitrogens with two attached hydrogens (primary N) is 2. The molecule has 1 aliphatic heterocycles. The van der Waals surface area contributed by atoms with Gasteiger partial charge in [-0.15, -0.1) is 35.6 Å². The van der Waals surface area contributed by atoms with E-state index in [1.165, 1.54) is 5.56 Å². The number of halogens is 3. The van der Waals surface area contributed by atoms with Crippen LogP contribution in [0.5, 0.6) is 0 Å². The first kappa shape index (κ1) is 21.8. The minimum Gasteiger partial charge on any atom is -0.369 e. The van der Waals surface area contributed by atoms with Gasteiger partial charge in [0, 0.05) is 37.1 Å². The molecule has 140 valence electrons. The lowest BCUT2D eigenvalue weighted by Crippen LogP contribution is -2.54. The zero-order chi connectivity index (χ0) is 17.7. The van der Waals surface area contributed by atoms with Crippen LogP contribution in [0.1, 0.15) is 19.4 Å². The Morgan fingerprint density at radius 2 is 1.64 bits per heavy atom. The second kappa shape index (κ2) is 9.48. The molecule has 6 nitrogen and oxygen atoms in total.